The van der Waals surface area contributed by atoms with Gasteiger partial charge in [0.25, 0.3) is 0 Å². The van der Waals surface area contributed by atoms with Crippen LogP contribution in [-0.4, -0.2) is 43.7 Å². The molecule has 3 nitrogen and oxygen atoms in total. The number of likely N-dealkylation sites (tertiary alicyclic amines) is 1. The summed E-state index contributed by atoms with van der Waals surface area (Å²) in [6.45, 7) is 8.13. The Morgan fingerprint density at radius 3 is 2.00 bits per heavy atom. The fraction of sp³-hybridized carbons (Fsp3) is 0.850. The van der Waals surface area contributed by atoms with E-state index in [2.05, 4.69) is 13.6 Å². The van der Waals surface area contributed by atoms with Gasteiger partial charge < -0.3 is 9.22 Å². The molecule has 0 radical (unpaired) electrons. The Balaban J connectivity index is 1.79. The highest BCUT2D eigenvalue weighted by Gasteiger charge is 2.23. The molecule has 3 heteroatoms. The number of piperidine rings is 1. The second-order valence-corrected chi connectivity index (χ2v) is 7.40. The van der Waals surface area contributed by atoms with Gasteiger partial charge in [-0.05, 0) is 38.5 Å². The lowest BCUT2D eigenvalue weighted by Crippen LogP contribution is -2.48. The van der Waals surface area contributed by atoms with E-state index in [1.54, 1.807) is 0 Å². The Bertz CT molecular complexity index is 322. The van der Waals surface area contributed by atoms with E-state index in [4.69, 9.17) is 4.74 Å². The number of carbonyl (C=O) groups is 1. The largest absolute Gasteiger partial charge is 0.463 e. The summed E-state index contributed by atoms with van der Waals surface area (Å²) in [7, 11) is 2.45. The topological polar surface area (TPSA) is 26.3 Å². The van der Waals surface area contributed by atoms with Crippen LogP contribution >= 0.6 is 0 Å². The summed E-state index contributed by atoms with van der Waals surface area (Å²) in [5.41, 5.74) is 0. The van der Waals surface area contributed by atoms with Gasteiger partial charge in [-0.25, -0.2) is 4.79 Å². The van der Waals surface area contributed by atoms with Crippen molar-refractivity contribution >= 4 is 5.97 Å². The Morgan fingerprint density at radius 1 is 0.913 bits per heavy atom. The molecule has 1 saturated heterocycles. The molecule has 1 aliphatic rings. The van der Waals surface area contributed by atoms with Gasteiger partial charge in [-0.3, -0.25) is 0 Å². The van der Waals surface area contributed by atoms with Gasteiger partial charge in [0.1, 0.15) is 0 Å². The van der Waals surface area contributed by atoms with E-state index >= 15 is 0 Å². The third-order valence-electron chi connectivity index (χ3n) is 5.15. The van der Waals surface area contributed by atoms with Crippen LogP contribution in [0.5, 0.6) is 0 Å². The number of unbranched alkanes of at least 4 members (excludes halogenated alkanes) is 8. The minimum atomic E-state index is -0.300. The molecule has 0 N–H and O–H groups in total. The van der Waals surface area contributed by atoms with Crippen LogP contribution < -0.4 is 0 Å². The van der Waals surface area contributed by atoms with Crippen molar-refractivity contribution in [1.29, 1.82) is 0 Å². The molecule has 1 heterocycles. The summed E-state index contributed by atoms with van der Waals surface area (Å²) in [5.74, 6) is -0.300. The van der Waals surface area contributed by atoms with Gasteiger partial charge in [-0.1, -0.05) is 45.1 Å². The van der Waals surface area contributed by atoms with Gasteiger partial charge in [0.05, 0.1) is 33.3 Å². The maximum absolute atomic E-state index is 10.9. The molecule has 0 aromatic carbocycles. The SMILES string of the molecule is C=CC(=O)OCCCCCCCCCCC[N+]1(C)CCCCC1. The molecular formula is C20H38NO2+. The standard InChI is InChI=1S/C20H38NO2/c1-3-20(22)23-19-15-10-8-6-4-5-7-9-12-16-21(2)17-13-11-14-18-21/h3H,1,4-19H2,2H3/q+1. The summed E-state index contributed by atoms with van der Waals surface area (Å²) in [6.07, 6.45) is 17.2. The number of quaternary nitrogens is 1. The lowest BCUT2D eigenvalue weighted by molar-refractivity contribution is -0.914. The highest BCUT2D eigenvalue weighted by atomic mass is 16.5. The van der Waals surface area contributed by atoms with Crippen LogP contribution in [0.2, 0.25) is 0 Å². The molecule has 1 rings (SSSR count). The molecule has 0 aliphatic carbocycles. The van der Waals surface area contributed by atoms with Crippen molar-refractivity contribution in [2.45, 2.75) is 77.0 Å². The number of hydrogen-bond donors (Lipinski definition) is 0. The second kappa shape index (κ2) is 12.6. The van der Waals surface area contributed by atoms with E-state index < -0.39 is 0 Å². The smallest absolute Gasteiger partial charge is 0.330 e. The fourth-order valence-corrected chi connectivity index (χ4v) is 3.56. The quantitative estimate of drug-likeness (QED) is 0.209. The Kier molecular flexibility index (Phi) is 11.1. The van der Waals surface area contributed by atoms with Gasteiger partial charge >= 0.3 is 5.97 Å². The maximum Gasteiger partial charge on any atom is 0.330 e. The van der Waals surface area contributed by atoms with E-state index in [1.807, 2.05) is 0 Å². The third-order valence-corrected chi connectivity index (χ3v) is 5.15. The fourth-order valence-electron chi connectivity index (χ4n) is 3.56. The molecule has 1 fully saturated rings. The predicted octanol–water partition coefficient (Wildman–Crippen LogP) is 4.86. The zero-order valence-corrected chi connectivity index (χ0v) is 15.4. The Labute approximate surface area is 143 Å². The van der Waals surface area contributed by atoms with Crippen LogP contribution in [0.15, 0.2) is 12.7 Å². The van der Waals surface area contributed by atoms with E-state index in [-0.39, 0.29) is 5.97 Å². The lowest BCUT2D eigenvalue weighted by atomic mass is 10.1. The highest BCUT2D eigenvalue weighted by molar-refractivity contribution is 5.81. The van der Waals surface area contributed by atoms with Crippen LogP contribution in [0.25, 0.3) is 0 Å². The molecule has 23 heavy (non-hydrogen) atoms. The number of nitrogens with zero attached hydrogens (tertiary/aromatic N) is 1. The summed E-state index contributed by atoms with van der Waals surface area (Å²) in [5, 5.41) is 0. The maximum atomic E-state index is 10.9. The van der Waals surface area contributed by atoms with Crippen molar-refractivity contribution in [3.8, 4) is 0 Å². The Morgan fingerprint density at radius 2 is 1.43 bits per heavy atom. The van der Waals surface area contributed by atoms with E-state index in [9.17, 15) is 4.79 Å². The molecule has 1 aliphatic heterocycles. The molecule has 0 atom stereocenters. The minimum absolute atomic E-state index is 0.300. The normalized spacial score (nSPS) is 16.9. The molecule has 134 valence electrons. The zero-order valence-electron chi connectivity index (χ0n) is 15.4. The van der Waals surface area contributed by atoms with E-state index in [1.165, 1.54) is 101 Å². The first kappa shape index (κ1) is 20.2. The summed E-state index contributed by atoms with van der Waals surface area (Å²) < 4.78 is 6.29. The number of carbonyl (C=O) groups excluding carboxylic acids is 1. The van der Waals surface area contributed by atoms with Gasteiger partial charge in [0, 0.05) is 6.08 Å². The number of hydrogen-bond acceptors (Lipinski definition) is 2. The minimum Gasteiger partial charge on any atom is -0.463 e. The summed E-state index contributed by atoms with van der Waals surface area (Å²) in [4.78, 5) is 10.9. The first-order valence-corrected chi connectivity index (χ1v) is 9.79. The van der Waals surface area contributed by atoms with Crippen LogP contribution in [0.1, 0.15) is 77.0 Å². The lowest BCUT2D eigenvalue weighted by Gasteiger charge is -2.37. The number of rotatable bonds is 13. The van der Waals surface area contributed by atoms with Crippen LogP contribution in [0, 0.1) is 0 Å². The molecule has 0 saturated carbocycles. The molecule has 0 bridgehead atoms. The van der Waals surface area contributed by atoms with Gasteiger partial charge in [0.2, 0.25) is 0 Å². The van der Waals surface area contributed by atoms with Crippen molar-refractivity contribution in [3.05, 3.63) is 12.7 Å². The highest BCUT2D eigenvalue weighted by Crippen LogP contribution is 2.18. The first-order valence-electron chi connectivity index (χ1n) is 9.79. The first-order chi connectivity index (χ1) is 11.2. The second-order valence-electron chi connectivity index (χ2n) is 7.40. The van der Waals surface area contributed by atoms with Gasteiger partial charge in [0.15, 0.2) is 0 Å². The molecule has 0 amide bonds. The molecular weight excluding hydrogens is 286 g/mol. The predicted molar refractivity (Wildman–Crippen MR) is 97.3 cm³/mol. The number of ether oxygens (including phenoxy) is 1. The molecule has 0 aromatic rings. The van der Waals surface area contributed by atoms with Crippen molar-refractivity contribution in [1.82, 2.24) is 0 Å². The average molecular weight is 325 g/mol. The van der Waals surface area contributed by atoms with E-state index in [0.29, 0.717) is 6.61 Å². The summed E-state index contributed by atoms with van der Waals surface area (Å²) in [6, 6.07) is 0. The average Bonchev–Trinajstić information content (AvgIpc) is 2.56. The van der Waals surface area contributed by atoms with Crippen molar-refractivity contribution in [2.75, 3.05) is 33.3 Å². The van der Waals surface area contributed by atoms with Crippen molar-refractivity contribution in [2.24, 2.45) is 0 Å². The number of esters is 1. The molecule has 0 spiro atoms. The van der Waals surface area contributed by atoms with E-state index in [0.717, 1.165) is 6.42 Å². The molecule has 0 unspecified atom stereocenters. The van der Waals surface area contributed by atoms with Gasteiger partial charge in [-0.2, -0.15) is 0 Å². The van der Waals surface area contributed by atoms with Crippen LogP contribution in [-0.2, 0) is 9.53 Å². The summed E-state index contributed by atoms with van der Waals surface area (Å²) >= 11 is 0. The monoisotopic (exact) mass is 324 g/mol. The van der Waals surface area contributed by atoms with Gasteiger partial charge in [-0.15, -0.1) is 0 Å². The molecule has 0 aromatic heterocycles. The van der Waals surface area contributed by atoms with Crippen LogP contribution in [0.3, 0.4) is 0 Å². The Hall–Kier alpha value is -0.830. The third kappa shape index (κ3) is 10.5. The van der Waals surface area contributed by atoms with Crippen molar-refractivity contribution in [3.63, 3.8) is 0 Å². The zero-order chi connectivity index (χ0) is 16.8. The van der Waals surface area contributed by atoms with Crippen molar-refractivity contribution < 1.29 is 14.0 Å². The van der Waals surface area contributed by atoms with Crippen LogP contribution in [0.4, 0.5) is 0 Å².